The van der Waals surface area contributed by atoms with Gasteiger partial charge in [-0.3, -0.25) is 0 Å². The van der Waals surface area contributed by atoms with Crippen molar-refractivity contribution in [3.8, 4) is 0 Å². The van der Waals surface area contributed by atoms with Crippen LogP contribution in [0.2, 0.25) is 9.88 Å². The Hall–Kier alpha value is 0.719. The summed E-state index contributed by atoms with van der Waals surface area (Å²) in [6.07, 6.45) is 0. The van der Waals surface area contributed by atoms with Crippen LogP contribution in [0, 0.1) is 0 Å². The van der Waals surface area contributed by atoms with Crippen molar-refractivity contribution in [2.45, 2.75) is 23.7 Å². The van der Waals surface area contributed by atoms with E-state index in [1.807, 2.05) is 0 Å². The van der Waals surface area contributed by atoms with Crippen molar-refractivity contribution >= 4 is 18.9 Å². The van der Waals surface area contributed by atoms with E-state index in [9.17, 15) is 0 Å². The van der Waals surface area contributed by atoms with E-state index in [0.717, 1.165) is 0 Å². The van der Waals surface area contributed by atoms with Crippen LogP contribution in [0.25, 0.3) is 0 Å². The fourth-order valence-electron chi connectivity index (χ4n) is 1.65. The number of hydrogen-bond acceptors (Lipinski definition) is 2. The van der Waals surface area contributed by atoms with Crippen LogP contribution >= 0.6 is 0 Å². The van der Waals surface area contributed by atoms with Crippen LogP contribution in [-0.4, -0.2) is 44.9 Å². The molecule has 0 aromatic rings. The number of rotatable bonds is 2. The van der Waals surface area contributed by atoms with Gasteiger partial charge in [-0.05, 0) is 0 Å². The Labute approximate surface area is 68.8 Å². The standard InChI is InChI=1S/C5H12N2.2CH3.Sn/c1-3-6-5-7-4-2;;;/h3-5H2,1-2H3;2*1H3;/q-2;;;+2. The van der Waals surface area contributed by atoms with Gasteiger partial charge in [0.25, 0.3) is 0 Å². The van der Waals surface area contributed by atoms with E-state index in [1.165, 1.54) is 19.8 Å². The van der Waals surface area contributed by atoms with Gasteiger partial charge in [-0.1, -0.05) is 0 Å². The zero-order chi connectivity index (χ0) is 7.78. The van der Waals surface area contributed by atoms with Gasteiger partial charge in [0.15, 0.2) is 0 Å². The molecule has 0 spiro atoms. The van der Waals surface area contributed by atoms with Crippen LogP contribution in [-0.2, 0) is 0 Å². The molecular formula is C7H18N2Sn. The van der Waals surface area contributed by atoms with Gasteiger partial charge < -0.3 is 0 Å². The molecule has 60 valence electrons. The summed E-state index contributed by atoms with van der Waals surface area (Å²) in [5, 5.41) is 0. The van der Waals surface area contributed by atoms with Gasteiger partial charge in [0, 0.05) is 0 Å². The van der Waals surface area contributed by atoms with Crippen molar-refractivity contribution in [1.29, 1.82) is 0 Å². The summed E-state index contributed by atoms with van der Waals surface area (Å²) in [5.41, 5.74) is 0. The molecule has 0 aromatic carbocycles. The molecule has 1 aliphatic heterocycles. The second-order valence-corrected chi connectivity index (χ2v) is 15.5. The summed E-state index contributed by atoms with van der Waals surface area (Å²) in [6.45, 7) is 8.31. The first kappa shape index (κ1) is 8.81. The van der Waals surface area contributed by atoms with Crippen molar-refractivity contribution in [1.82, 2.24) is 6.24 Å². The fourth-order valence-corrected chi connectivity index (χ4v) is 9.51. The monoisotopic (exact) mass is 250 g/mol. The van der Waals surface area contributed by atoms with Crippen molar-refractivity contribution in [2.75, 3.05) is 19.8 Å². The Morgan fingerprint density at radius 3 is 1.70 bits per heavy atom. The predicted octanol–water partition coefficient (Wildman–Crippen LogP) is 1.30. The van der Waals surface area contributed by atoms with Gasteiger partial charge in [-0.15, -0.1) is 0 Å². The molecule has 2 nitrogen and oxygen atoms in total. The zero-order valence-electron chi connectivity index (χ0n) is 7.52. The van der Waals surface area contributed by atoms with Crippen molar-refractivity contribution in [2.24, 2.45) is 0 Å². The average molecular weight is 249 g/mol. The topological polar surface area (TPSA) is 6.48 Å². The van der Waals surface area contributed by atoms with Gasteiger partial charge in [0.05, 0.1) is 0 Å². The average Bonchev–Trinajstić information content (AvgIpc) is 1.88. The third kappa shape index (κ3) is 1.21. The first-order valence-electron chi connectivity index (χ1n) is 4.13. The summed E-state index contributed by atoms with van der Waals surface area (Å²) in [5.74, 6) is 0. The Bertz CT molecular complexity index is 113. The number of hydrogen-bond donors (Lipinski definition) is 0. The van der Waals surface area contributed by atoms with Crippen LogP contribution in [0.3, 0.4) is 0 Å². The second kappa shape index (κ2) is 2.99. The molecule has 0 atom stereocenters. The van der Waals surface area contributed by atoms with E-state index < -0.39 is 18.9 Å². The summed E-state index contributed by atoms with van der Waals surface area (Å²) in [6, 6.07) is 0. The van der Waals surface area contributed by atoms with Gasteiger partial charge in [0.1, 0.15) is 0 Å². The van der Waals surface area contributed by atoms with E-state index in [0.29, 0.717) is 0 Å². The van der Waals surface area contributed by atoms with Gasteiger partial charge in [0.2, 0.25) is 0 Å². The van der Waals surface area contributed by atoms with Crippen LogP contribution in [0.1, 0.15) is 13.8 Å². The molecule has 0 amide bonds. The van der Waals surface area contributed by atoms with Crippen LogP contribution in [0.4, 0.5) is 0 Å². The molecule has 1 rings (SSSR count). The maximum absolute atomic E-state index is 2.68. The summed E-state index contributed by atoms with van der Waals surface area (Å²) >= 11 is -1.74. The summed E-state index contributed by atoms with van der Waals surface area (Å²) in [7, 11) is 0. The third-order valence-electron chi connectivity index (χ3n) is 2.65. The van der Waals surface area contributed by atoms with Gasteiger partial charge >= 0.3 is 68.7 Å². The van der Waals surface area contributed by atoms with Gasteiger partial charge in [-0.25, -0.2) is 0 Å². The zero-order valence-corrected chi connectivity index (χ0v) is 10.4. The van der Waals surface area contributed by atoms with E-state index in [2.05, 4.69) is 30.0 Å². The first-order chi connectivity index (χ1) is 4.62. The number of nitrogens with zero attached hydrogens (tertiary/aromatic N) is 2. The molecule has 0 aliphatic carbocycles. The molecule has 0 saturated carbocycles. The molecule has 0 bridgehead atoms. The normalized spacial score (nSPS) is 26.4. The first-order valence-corrected chi connectivity index (χ1v) is 12.4. The quantitative estimate of drug-likeness (QED) is 0.680. The third-order valence-corrected chi connectivity index (χ3v) is 14.1. The second-order valence-electron chi connectivity index (χ2n) is 3.35. The molecular weight excluding hydrogens is 231 g/mol. The molecule has 1 aliphatic rings. The minimum absolute atomic E-state index is 1.25. The molecule has 0 radical (unpaired) electrons. The van der Waals surface area contributed by atoms with Crippen molar-refractivity contribution in [3.63, 3.8) is 0 Å². The van der Waals surface area contributed by atoms with Crippen LogP contribution in [0.5, 0.6) is 0 Å². The molecule has 0 aromatic heterocycles. The van der Waals surface area contributed by atoms with E-state index >= 15 is 0 Å². The Kier molecular flexibility index (Phi) is 2.63. The Morgan fingerprint density at radius 2 is 1.50 bits per heavy atom. The van der Waals surface area contributed by atoms with Crippen LogP contribution < -0.4 is 0 Å². The minimum atomic E-state index is -1.74. The SMILES string of the molecule is CC[N]1C[N](CC)[Sn]1([CH3])[CH3]. The molecule has 3 heteroatoms. The van der Waals surface area contributed by atoms with Crippen molar-refractivity contribution < 1.29 is 0 Å². The van der Waals surface area contributed by atoms with E-state index in [1.54, 1.807) is 0 Å². The molecule has 0 N–H and O–H groups in total. The summed E-state index contributed by atoms with van der Waals surface area (Å²) < 4.78 is 5.36. The van der Waals surface area contributed by atoms with E-state index in [-0.39, 0.29) is 0 Å². The fraction of sp³-hybridized carbons (Fsp3) is 1.00. The molecule has 0 unspecified atom stereocenters. The Balaban J connectivity index is 2.47. The van der Waals surface area contributed by atoms with E-state index in [4.69, 9.17) is 0 Å². The maximum atomic E-state index is 2.68. The van der Waals surface area contributed by atoms with Crippen LogP contribution in [0.15, 0.2) is 0 Å². The Morgan fingerprint density at radius 1 is 1.10 bits per heavy atom. The predicted molar refractivity (Wildman–Crippen MR) is 47.1 cm³/mol. The molecule has 1 saturated heterocycles. The van der Waals surface area contributed by atoms with Crippen molar-refractivity contribution in [3.05, 3.63) is 0 Å². The van der Waals surface area contributed by atoms with Gasteiger partial charge in [-0.2, -0.15) is 0 Å². The summed E-state index contributed by atoms with van der Waals surface area (Å²) in [4.78, 5) is 4.98. The molecule has 1 fully saturated rings. The molecule has 1 heterocycles. The molecule has 10 heavy (non-hydrogen) atoms.